The zero-order chi connectivity index (χ0) is 24.7. The molecule has 2 heteroatoms. The van der Waals surface area contributed by atoms with Crippen LogP contribution in [0.5, 0.6) is 0 Å². The van der Waals surface area contributed by atoms with E-state index in [4.69, 9.17) is 0 Å². The van der Waals surface area contributed by atoms with E-state index in [-0.39, 0.29) is 0 Å². The lowest BCUT2D eigenvalue weighted by Crippen LogP contribution is -2.19. The molecule has 3 saturated carbocycles. The van der Waals surface area contributed by atoms with Crippen LogP contribution >= 0.6 is 31.9 Å². The summed E-state index contributed by atoms with van der Waals surface area (Å²) in [5.41, 5.74) is 6.22. The molecule has 3 fully saturated rings. The molecule has 2 aromatic rings. The van der Waals surface area contributed by atoms with Gasteiger partial charge in [0.25, 0.3) is 0 Å². The van der Waals surface area contributed by atoms with E-state index in [2.05, 4.69) is 105 Å². The Balaban J connectivity index is 1.33. The van der Waals surface area contributed by atoms with Crippen molar-refractivity contribution in [3.63, 3.8) is 0 Å². The predicted molar refractivity (Wildman–Crippen MR) is 164 cm³/mol. The third-order valence-electron chi connectivity index (χ3n) is 9.05. The monoisotopic (exact) mass is 608 g/mol. The SMILES string of the molecule is BrC1CCC(/C=C(\c2ccccc2)C2CCC(/C(=C/C3CCC(Br)CC3)c3ccccc3)CC2)CC1. The molecule has 0 spiro atoms. The Morgan fingerprint density at radius 3 is 1.14 bits per heavy atom. The van der Waals surface area contributed by atoms with Crippen LogP contribution in [0, 0.1) is 23.7 Å². The van der Waals surface area contributed by atoms with Crippen molar-refractivity contribution < 1.29 is 0 Å². The maximum absolute atomic E-state index is 3.85. The van der Waals surface area contributed by atoms with Gasteiger partial charge in [-0.3, -0.25) is 0 Å². The van der Waals surface area contributed by atoms with Gasteiger partial charge >= 0.3 is 0 Å². The fraction of sp³-hybridized carbons (Fsp3) is 0.529. The van der Waals surface area contributed by atoms with Crippen molar-refractivity contribution in [2.24, 2.45) is 23.7 Å². The summed E-state index contributed by atoms with van der Waals surface area (Å²) in [5.74, 6) is 2.89. The lowest BCUT2D eigenvalue weighted by atomic mass is 9.71. The summed E-state index contributed by atoms with van der Waals surface area (Å²) in [6, 6.07) is 22.6. The van der Waals surface area contributed by atoms with Gasteiger partial charge in [0.2, 0.25) is 0 Å². The van der Waals surface area contributed by atoms with Crippen LogP contribution in [0.15, 0.2) is 72.8 Å². The number of benzene rings is 2. The Morgan fingerprint density at radius 2 is 0.806 bits per heavy atom. The van der Waals surface area contributed by atoms with Crippen LogP contribution in [0.4, 0.5) is 0 Å². The predicted octanol–water partition coefficient (Wildman–Crippen LogP) is 10.9. The Hall–Kier alpha value is -1.12. The number of rotatable bonds is 6. The van der Waals surface area contributed by atoms with Gasteiger partial charge < -0.3 is 0 Å². The molecule has 0 amide bonds. The average Bonchev–Trinajstić information content (AvgIpc) is 2.94. The Kier molecular flexibility index (Phi) is 9.64. The van der Waals surface area contributed by atoms with E-state index in [0.717, 1.165) is 21.5 Å². The first kappa shape index (κ1) is 26.5. The van der Waals surface area contributed by atoms with Gasteiger partial charge in [-0.2, -0.15) is 0 Å². The quantitative estimate of drug-likeness (QED) is 0.286. The summed E-state index contributed by atoms with van der Waals surface area (Å²) in [6.07, 6.45) is 21.3. The van der Waals surface area contributed by atoms with E-state index >= 15 is 0 Å². The Bertz CT molecular complexity index is 900. The maximum Gasteiger partial charge on any atom is 0.0146 e. The van der Waals surface area contributed by atoms with Crippen LogP contribution in [0.1, 0.15) is 88.2 Å². The molecule has 0 aliphatic heterocycles. The highest BCUT2D eigenvalue weighted by molar-refractivity contribution is 9.09. The van der Waals surface area contributed by atoms with Crippen molar-refractivity contribution in [3.8, 4) is 0 Å². The molecule has 0 radical (unpaired) electrons. The van der Waals surface area contributed by atoms with Crippen LogP contribution in [0.3, 0.4) is 0 Å². The van der Waals surface area contributed by atoms with Gasteiger partial charge in [0.05, 0.1) is 0 Å². The first-order valence-corrected chi connectivity index (χ1v) is 16.3. The van der Waals surface area contributed by atoms with Gasteiger partial charge in [0, 0.05) is 9.65 Å². The number of allylic oxidation sites excluding steroid dienone is 4. The molecule has 192 valence electrons. The van der Waals surface area contributed by atoms with Crippen molar-refractivity contribution in [3.05, 3.63) is 83.9 Å². The Labute approximate surface area is 236 Å². The van der Waals surface area contributed by atoms with Crippen LogP contribution < -0.4 is 0 Å². The van der Waals surface area contributed by atoms with Crippen molar-refractivity contribution in [1.29, 1.82) is 0 Å². The van der Waals surface area contributed by atoms with Gasteiger partial charge in [0.15, 0.2) is 0 Å². The normalized spacial score (nSPS) is 32.3. The zero-order valence-corrected chi connectivity index (χ0v) is 24.8. The highest BCUT2D eigenvalue weighted by atomic mass is 79.9. The maximum atomic E-state index is 3.85. The largest absolute Gasteiger partial charge is 0.0891 e. The van der Waals surface area contributed by atoms with Gasteiger partial charge in [-0.05, 0) is 123 Å². The second-order valence-corrected chi connectivity index (χ2v) is 14.1. The zero-order valence-electron chi connectivity index (χ0n) is 21.6. The molecule has 0 unspecified atom stereocenters. The van der Waals surface area contributed by atoms with Gasteiger partial charge in [-0.1, -0.05) is 105 Å². The number of hydrogen-bond acceptors (Lipinski definition) is 0. The second kappa shape index (κ2) is 13.1. The molecule has 5 rings (SSSR count). The third-order valence-corrected chi connectivity index (χ3v) is 10.9. The number of hydrogen-bond donors (Lipinski definition) is 0. The highest BCUT2D eigenvalue weighted by Gasteiger charge is 2.29. The number of alkyl halides is 2. The summed E-state index contributed by atoms with van der Waals surface area (Å²) < 4.78 is 0. The minimum absolute atomic E-state index is 0.700. The standard InChI is InChI=1S/C34H42Br2/c35-31-19-11-25(12-20-31)23-33(27-7-3-1-4-8-27)29-15-17-30(18-16-29)34(28-9-5-2-6-10-28)24-26-13-21-32(36)22-14-26/h1-10,23-26,29-32H,11-22H2/b33-23+,34-24+. The van der Waals surface area contributed by atoms with Crippen molar-refractivity contribution in [1.82, 2.24) is 0 Å². The molecular weight excluding hydrogens is 568 g/mol. The summed E-state index contributed by atoms with van der Waals surface area (Å²) in [4.78, 5) is 1.45. The van der Waals surface area contributed by atoms with Crippen molar-refractivity contribution in [2.75, 3.05) is 0 Å². The fourth-order valence-corrected chi connectivity index (χ4v) is 7.97. The smallest absolute Gasteiger partial charge is 0.0146 e. The van der Waals surface area contributed by atoms with Gasteiger partial charge in [0.1, 0.15) is 0 Å². The molecule has 0 aromatic heterocycles. The molecule has 36 heavy (non-hydrogen) atoms. The molecule has 2 aromatic carbocycles. The second-order valence-electron chi connectivity index (χ2n) is 11.5. The fourth-order valence-electron chi connectivity index (χ4n) is 6.91. The van der Waals surface area contributed by atoms with E-state index in [1.165, 1.54) is 88.2 Å². The lowest BCUT2D eigenvalue weighted by molar-refractivity contribution is 0.366. The molecule has 3 aliphatic rings. The molecule has 0 nitrogen and oxygen atoms in total. The topological polar surface area (TPSA) is 0 Å². The summed E-state index contributed by atoms with van der Waals surface area (Å²) >= 11 is 7.71. The molecule has 0 bridgehead atoms. The summed E-state index contributed by atoms with van der Waals surface area (Å²) in [6.45, 7) is 0. The van der Waals surface area contributed by atoms with Crippen molar-refractivity contribution >= 4 is 43.0 Å². The minimum Gasteiger partial charge on any atom is -0.0891 e. The molecular formula is C34H42Br2. The third kappa shape index (κ3) is 7.04. The number of halogens is 2. The molecule has 0 saturated heterocycles. The van der Waals surface area contributed by atoms with E-state index < -0.39 is 0 Å². The average molecular weight is 611 g/mol. The van der Waals surface area contributed by atoms with Gasteiger partial charge in [-0.25, -0.2) is 0 Å². The molecule has 3 aliphatic carbocycles. The van der Waals surface area contributed by atoms with Crippen molar-refractivity contribution in [2.45, 2.75) is 86.7 Å². The van der Waals surface area contributed by atoms with Crippen LogP contribution in [-0.4, -0.2) is 9.65 Å². The lowest BCUT2D eigenvalue weighted by Gasteiger charge is -2.34. The highest BCUT2D eigenvalue weighted by Crippen LogP contribution is 2.45. The van der Waals surface area contributed by atoms with E-state index in [0.29, 0.717) is 11.8 Å². The molecule has 0 heterocycles. The summed E-state index contributed by atoms with van der Waals surface area (Å²) in [7, 11) is 0. The Morgan fingerprint density at radius 1 is 0.472 bits per heavy atom. The van der Waals surface area contributed by atoms with E-state index in [1.54, 1.807) is 11.1 Å². The van der Waals surface area contributed by atoms with Crippen LogP contribution in [0.25, 0.3) is 11.1 Å². The molecule has 0 atom stereocenters. The van der Waals surface area contributed by atoms with Crippen LogP contribution in [-0.2, 0) is 0 Å². The molecule has 0 N–H and O–H groups in total. The van der Waals surface area contributed by atoms with E-state index in [1.807, 2.05) is 0 Å². The van der Waals surface area contributed by atoms with Crippen LogP contribution in [0.2, 0.25) is 0 Å². The van der Waals surface area contributed by atoms with Gasteiger partial charge in [-0.15, -0.1) is 0 Å². The summed E-state index contributed by atoms with van der Waals surface area (Å²) in [5, 5.41) is 0. The first-order chi connectivity index (χ1) is 17.7. The van der Waals surface area contributed by atoms with E-state index in [9.17, 15) is 0 Å². The minimum atomic E-state index is 0.700. The first-order valence-electron chi connectivity index (χ1n) is 14.5.